The van der Waals surface area contributed by atoms with Crippen molar-refractivity contribution in [3.63, 3.8) is 0 Å². The molecular formula is C63H41N5. The second-order valence-electron chi connectivity index (χ2n) is 17.2. The fourth-order valence-corrected chi connectivity index (χ4v) is 10.0. The molecule has 318 valence electrons. The van der Waals surface area contributed by atoms with Crippen molar-refractivity contribution >= 4 is 43.6 Å². The molecule has 0 aliphatic rings. The standard InChI is InChI=1S/C63H41N5/c1-4-19-42(20-5-1)45-25-16-26-46(39-45)47-37-38-50(59(41-47)67-56-34-13-10-29-52(56)53-30-11-14-35-57(53)67)48-27-17-28-49(40-48)62-64-61(44-23-8-3-9-24-44)65-63(66-62)68-58-36-15-12-31-54(58)55-33-18-32-51(60(55)68)43-21-6-2-7-22-43/h1-41H. The summed E-state index contributed by atoms with van der Waals surface area (Å²) in [7, 11) is 0. The van der Waals surface area contributed by atoms with Gasteiger partial charge >= 0.3 is 0 Å². The Kier molecular flexibility index (Phi) is 9.43. The van der Waals surface area contributed by atoms with Gasteiger partial charge in [0.05, 0.1) is 27.8 Å². The molecule has 0 radical (unpaired) electrons. The average Bonchev–Trinajstić information content (AvgIpc) is 3.95. The van der Waals surface area contributed by atoms with Crippen molar-refractivity contribution in [3.8, 4) is 78.9 Å². The summed E-state index contributed by atoms with van der Waals surface area (Å²) < 4.78 is 4.65. The topological polar surface area (TPSA) is 48.5 Å². The van der Waals surface area contributed by atoms with Crippen LogP contribution in [0.2, 0.25) is 0 Å². The summed E-state index contributed by atoms with van der Waals surface area (Å²) in [4.78, 5) is 16.0. The molecule has 0 N–H and O–H groups in total. The lowest BCUT2D eigenvalue weighted by Crippen LogP contribution is -2.07. The van der Waals surface area contributed by atoms with Crippen molar-refractivity contribution < 1.29 is 0 Å². The van der Waals surface area contributed by atoms with Crippen LogP contribution in [0.5, 0.6) is 0 Å². The second kappa shape index (κ2) is 16.4. The van der Waals surface area contributed by atoms with Crippen LogP contribution in [-0.2, 0) is 0 Å². The molecule has 0 spiro atoms. The Morgan fingerprint density at radius 3 is 1.35 bits per heavy atom. The summed E-state index contributed by atoms with van der Waals surface area (Å²) in [5.74, 6) is 1.75. The zero-order valence-electron chi connectivity index (χ0n) is 36.9. The molecule has 0 saturated carbocycles. The SMILES string of the molecule is c1ccc(-c2cccc(-c3ccc(-c4cccc(-c5nc(-c6ccccc6)nc(-n6c7ccccc7c7cccc(-c8ccccc8)c76)n5)c4)c(-n4c5ccccc5c5ccccc54)c3)c2)cc1. The monoisotopic (exact) mass is 867 g/mol. The molecule has 0 bridgehead atoms. The van der Waals surface area contributed by atoms with Crippen LogP contribution in [0.15, 0.2) is 249 Å². The fourth-order valence-electron chi connectivity index (χ4n) is 10.0. The quantitative estimate of drug-likeness (QED) is 0.153. The minimum Gasteiger partial charge on any atom is -0.309 e. The lowest BCUT2D eigenvalue weighted by atomic mass is 9.95. The van der Waals surface area contributed by atoms with Crippen molar-refractivity contribution in [2.45, 2.75) is 0 Å². The van der Waals surface area contributed by atoms with Crippen LogP contribution in [0, 0.1) is 0 Å². The highest BCUT2D eigenvalue weighted by Gasteiger charge is 2.22. The second-order valence-corrected chi connectivity index (χ2v) is 17.2. The maximum Gasteiger partial charge on any atom is 0.238 e. The Labute approximate surface area is 393 Å². The number of para-hydroxylation sites is 4. The third-order valence-corrected chi connectivity index (χ3v) is 13.2. The first-order chi connectivity index (χ1) is 33.7. The van der Waals surface area contributed by atoms with Gasteiger partial charge in [0, 0.05) is 43.8 Å². The molecule has 3 aromatic heterocycles. The van der Waals surface area contributed by atoms with E-state index >= 15 is 0 Å². The minimum absolute atomic E-state index is 0.557. The summed E-state index contributed by atoms with van der Waals surface area (Å²) >= 11 is 0. The third kappa shape index (κ3) is 6.68. The lowest BCUT2D eigenvalue weighted by molar-refractivity contribution is 0.954. The van der Waals surface area contributed by atoms with Crippen molar-refractivity contribution in [2.75, 3.05) is 0 Å². The molecule has 0 saturated heterocycles. The van der Waals surface area contributed by atoms with E-state index in [1.165, 1.54) is 21.9 Å². The minimum atomic E-state index is 0.557. The Bertz CT molecular complexity index is 3970. The van der Waals surface area contributed by atoms with Crippen LogP contribution in [0.3, 0.4) is 0 Å². The predicted molar refractivity (Wildman–Crippen MR) is 281 cm³/mol. The van der Waals surface area contributed by atoms with E-state index < -0.39 is 0 Å². The highest BCUT2D eigenvalue weighted by molar-refractivity contribution is 6.14. The molecule has 5 nitrogen and oxygen atoms in total. The van der Waals surface area contributed by atoms with Gasteiger partial charge in [-0.25, -0.2) is 4.98 Å². The number of nitrogens with zero attached hydrogens (tertiary/aromatic N) is 5. The number of hydrogen-bond donors (Lipinski definition) is 0. The van der Waals surface area contributed by atoms with Gasteiger partial charge in [0.1, 0.15) is 0 Å². The highest BCUT2D eigenvalue weighted by Crippen LogP contribution is 2.41. The summed E-state index contributed by atoms with van der Waals surface area (Å²) in [6.45, 7) is 0. The molecule has 5 heteroatoms. The van der Waals surface area contributed by atoms with Gasteiger partial charge in [-0.05, 0) is 69.8 Å². The molecule has 0 amide bonds. The number of hydrogen-bond acceptors (Lipinski definition) is 3. The molecule has 13 aromatic rings. The summed E-state index contributed by atoms with van der Waals surface area (Å²) in [6, 6.07) is 88.3. The van der Waals surface area contributed by atoms with Crippen molar-refractivity contribution in [1.82, 2.24) is 24.1 Å². The summed E-state index contributed by atoms with van der Waals surface area (Å²) in [5, 5.41) is 4.70. The van der Waals surface area contributed by atoms with E-state index in [0.29, 0.717) is 17.6 Å². The molecule has 68 heavy (non-hydrogen) atoms. The van der Waals surface area contributed by atoms with Crippen LogP contribution in [-0.4, -0.2) is 24.1 Å². The van der Waals surface area contributed by atoms with E-state index in [9.17, 15) is 0 Å². The summed E-state index contributed by atoms with van der Waals surface area (Å²) in [5.41, 5.74) is 16.3. The van der Waals surface area contributed by atoms with Gasteiger partial charge in [-0.1, -0.05) is 212 Å². The van der Waals surface area contributed by atoms with Gasteiger partial charge in [-0.2, -0.15) is 9.97 Å². The first kappa shape index (κ1) is 39.2. The van der Waals surface area contributed by atoms with E-state index in [-0.39, 0.29) is 0 Å². The zero-order valence-corrected chi connectivity index (χ0v) is 36.9. The van der Waals surface area contributed by atoms with Crippen molar-refractivity contribution in [3.05, 3.63) is 249 Å². The van der Waals surface area contributed by atoms with Gasteiger partial charge in [0.25, 0.3) is 0 Å². The fraction of sp³-hybridized carbons (Fsp3) is 0. The average molecular weight is 868 g/mol. The van der Waals surface area contributed by atoms with E-state index in [1.54, 1.807) is 0 Å². The van der Waals surface area contributed by atoms with Gasteiger partial charge in [0.2, 0.25) is 5.95 Å². The molecule has 0 atom stereocenters. The van der Waals surface area contributed by atoms with E-state index in [4.69, 9.17) is 15.0 Å². The van der Waals surface area contributed by atoms with Crippen LogP contribution in [0.25, 0.3) is 123 Å². The normalized spacial score (nSPS) is 11.5. The predicted octanol–water partition coefficient (Wildman–Crippen LogP) is 16.1. The first-order valence-electron chi connectivity index (χ1n) is 23.0. The Morgan fingerprint density at radius 2 is 0.691 bits per heavy atom. The van der Waals surface area contributed by atoms with E-state index in [2.05, 4.69) is 240 Å². The maximum atomic E-state index is 5.42. The van der Waals surface area contributed by atoms with E-state index in [1.807, 2.05) is 18.2 Å². The van der Waals surface area contributed by atoms with Crippen LogP contribution in [0.1, 0.15) is 0 Å². The highest BCUT2D eigenvalue weighted by atomic mass is 15.2. The number of rotatable bonds is 8. The number of aromatic nitrogens is 5. The van der Waals surface area contributed by atoms with Gasteiger partial charge in [-0.15, -0.1) is 0 Å². The molecule has 0 fully saturated rings. The van der Waals surface area contributed by atoms with Gasteiger partial charge < -0.3 is 4.57 Å². The number of fused-ring (bicyclic) bond motifs is 6. The van der Waals surface area contributed by atoms with Gasteiger partial charge in [-0.3, -0.25) is 4.57 Å². The number of benzene rings is 10. The Morgan fingerprint density at radius 1 is 0.250 bits per heavy atom. The van der Waals surface area contributed by atoms with Gasteiger partial charge in [0.15, 0.2) is 11.6 Å². The largest absolute Gasteiger partial charge is 0.309 e. The molecule has 10 aromatic carbocycles. The van der Waals surface area contributed by atoms with Crippen LogP contribution >= 0.6 is 0 Å². The Hall–Kier alpha value is -9.19. The lowest BCUT2D eigenvalue weighted by Gasteiger charge is -2.17. The molecule has 0 aliphatic heterocycles. The zero-order chi connectivity index (χ0) is 45.0. The molecule has 3 heterocycles. The molecular weight excluding hydrogens is 827 g/mol. The van der Waals surface area contributed by atoms with Crippen LogP contribution < -0.4 is 0 Å². The van der Waals surface area contributed by atoms with Crippen molar-refractivity contribution in [1.29, 1.82) is 0 Å². The smallest absolute Gasteiger partial charge is 0.238 e. The third-order valence-electron chi connectivity index (χ3n) is 13.2. The first-order valence-corrected chi connectivity index (χ1v) is 23.0. The summed E-state index contributed by atoms with van der Waals surface area (Å²) in [6.07, 6.45) is 0. The molecule has 0 aliphatic carbocycles. The van der Waals surface area contributed by atoms with E-state index in [0.717, 1.165) is 83.0 Å². The molecule has 0 unspecified atom stereocenters. The van der Waals surface area contributed by atoms with Crippen LogP contribution in [0.4, 0.5) is 0 Å². The Balaban J connectivity index is 1.03. The molecule has 13 rings (SSSR count). The van der Waals surface area contributed by atoms with Crippen molar-refractivity contribution in [2.24, 2.45) is 0 Å². The maximum absolute atomic E-state index is 5.42.